The molecule has 1 fully saturated rings. The third-order valence-electron chi connectivity index (χ3n) is 4.83. The molecule has 2 atom stereocenters. The molecule has 0 saturated carbocycles. The highest BCUT2D eigenvalue weighted by Crippen LogP contribution is 2.34. The molecule has 3 rings (SSSR count). The highest BCUT2D eigenvalue weighted by Gasteiger charge is 2.29. The van der Waals surface area contributed by atoms with Gasteiger partial charge in [-0.25, -0.2) is 4.98 Å². The number of nitrogens with one attached hydrogen (secondary N) is 1. The van der Waals surface area contributed by atoms with Crippen molar-refractivity contribution in [1.82, 2.24) is 14.9 Å². The number of H-pyrrole nitrogens is 1. The van der Waals surface area contributed by atoms with Crippen molar-refractivity contribution in [2.24, 2.45) is 5.92 Å². The number of piperidine rings is 1. The van der Waals surface area contributed by atoms with E-state index in [0.29, 0.717) is 12.0 Å². The van der Waals surface area contributed by atoms with E-state index < -0.39 is 0 Å². The van der Waals surface area contributed by atoms with Crippen LogP contribution in [0.3, 0.4) is 0 Å². The van der Waals surface area contributed by atoms with Crippen molar-refractivity contribution < 1.29 is 0 Å². The second kappa shape index (κ2) is 5.84. The minimum atomic E-state index is 0.393. The zero-order chi connectivity index (χ0) is 15.7. The molecule has 1 aliphatic heterocycles. The molecule has 3 heteroatoms. The Balaban J connectivity index is 1.86. The first-order valence-electron chi connectivity index (χ1n) is 7.82. The van der Waals surface area contributed by atoms with Gasteiger partial charge < -0.3 is 9.88 Å². The maximum Gasteiger partial charge on any atom is 0.0931 e. The number of aromatic nitrogens is 2. The number of nitrogens with zero attached hydrogens (tertiary/aromatic N) is 2. The van der Waals surface area contributed by atoms with E-state index in [9.17, 15) is 0 Å². The van der Waals surface area contributed by atoms with Gasteiger partial charge >= 0.3 is 0 Å². The predicted molar refractivity (Wildman–Crippen MR) is 93.4 cm³/mol. The average molecular weight is 293 g/mol. The Morgan fingerprint density at radius 2 is 2.23 bits per heavy atom. The van der Waals surface area contributed by atoms with Crippen molar-refractivity contribution in [3.63, 3.8) is 0 Å². The number of rotatable bonds is 4. The normalized spacial score (nSPS) is 21.8. The van der Waals surface area contributed by atoms with Crippen LogP contribution in [0.1, 0.15) is 25.3 Å². The molecule has 2 heterocycles. The molecule has 1 N–H and O–H groups in total. The van der Waals surface area contributed by atoms with E-state index >= 15 is 0 Å². The lowest BCUT2D eigenvalue weighted by Gasteiger charge is -2.42. The Bertz CT molecular complexity index is 725. The molecule has 2 unspecified atom stereocenters. The van der Waals surface area contributed by atoms with Gasteiger partial charge in [-0.2, -0.15) is 0 Å². The first-order valence-corrected chi connectivity index (χ1v) is 7.82. The second-order valence-electron chi connectivity index (χ2n) is 6.04. The van der Waals surface area contributed by atoms with Crippen molar-refractivity contribution in [2.45, 2.75) is 25.8 Å². The molecule has 1 saturated heterocycles. The first-order chi connectivity index (χ1) is 10.6. The number of aromatic amines is 1. The third kappa shape index (κ3) is 2.47. The van der Waals surface area contributed by atoms with Crippen LogP contribution in [0, 0.1) is 5.92 Å². The summed E-state index contributed by atoms with van der Waals surface area (Å²) in [5.74, 6) is 0.457. The Labute approximate surface area is 132 Å². The zero-order valence-corrected chi connectivity index (χ0v) is 13.2. The highest BCUT2D eigenvalue weighted by atomic mass is 15.2. The van der Waals surface area contributed by atoms with Crippen molar-refractivity contribution in [2.75, 3.05) is 6.54 Å². The Hall–Kier alpha value is -2.29. The lowest BCUT2D eigenvalue weighted by atomic mass is 9.84. The molecule has 114 valence electrons. The standard InChI is InChI=1S/C19H23N3/c1-5-13(2)17-7-6-10-22(15(17)4)14(3)16-8-9-18-19(11-16)21-12-20-18/h5,8-9,11-12,15,17H,1-3,6-7,10H2,4H3,(H,20,21). The maximum atomic E-state index is 4.35. The van der Waals surface area contributed by atoms with Crippen LogP contribution in [0.2, 0.25) is 0 Å². The number of hydrogen-bond acceptors (Lipinski definition) is 2. The van der Waals surface area contributed by atoms with Crippen LogP contribution in [-0.2, 0) is 0 Å². The summed E-state index contributed by atoms with van der Waals surface area (Å²) in [5.41, 5.74) is 5.39. The molecule has 1 aromatic carbocycles. The van der Waals surface area contributed by atoms with Crippen LogP contribution in [0.5, 0.6) is 0 Å². The molecular formula is C19H23N3. The fourth-order valence-corrected chi connectivity index (χ4v) is 3.45. The predicted octanol–water partition coefficient (Wildman–Crippen LogP) is 4.38. The molecule has 2 aromatic rings. The molecule has 0 spiro atoms. The number of fused-ring (bicyclic) bond motifs is 1. The van der Waals surface area contributed by atoms with Gasteiger partial charge in [-0.15, -0.1) is 0 Å². The molecular weight excluding hydrogens is 270 g/mol. The number of benzene rings is 1. The third-order valence-corrected chi connectivity index (χ3v) is 4.83. The molecule has 1 aromatic heterocycles. The highest BCUT2D eigenvalue weighted by molar-refractivity contribution is 5.79. The summed E-state index contributed by atoms with van der Waals surface area (Å²) >= 11 is 0. The topological polar surface area (TPSA) is 31.9 Å². The summed E-state index contributed by atoms with van der Waals surface area (Å²) in [5, 5.41) is 0. The monoisotopic (exact) mass is 293 g/mol. The van der Waals surface area contributed by atoms with Crippen molar-refractivity contribution in [3.05, 3.63) is 61.5 Å². The van der Waals surface area contributed by atoms with Crippen molar-refractivity contribution in [3.8, 4) is 0 Å². The largest absolute Gasteiger partial charge is 0.368 e. The second-order valence-corrected chi connectivity index (χ2v) is 6.04. The first kappa shape index (κ1) is 14.6. The minimum Gasteiger partial charge on any atom is -0.368 e. The van der Waals surface area contributed by atoms with Crippen LogP contribution in [0.25, 0.3) is 16.7 Å². The number of hydrogen-bond donors (Lipinski definition) is 1. The Morgan fingerprint density at radius 3 is 3.00 bits per heavy atom. The molecule has 0 bridgehead atoms. The van der Waals surface area contributed by atoms with E-state index in [0.717, 1.165) is 40.8 Å². The van der Waals surface area contributed by atoms with E-state index in [2.05, 4.69) is 53.7 Å². The molecule has 0 radical (unpaired) electrons. The van der Waals surface area contributed by atoms with Crippen molar-refractivity contribution >= 4 is 16.7 Å². The van der Waals surface area contributed by atoms with Crippen LogP contribution < -0.4 is 0 Å². The fourth-order valence-electron chi connectivity index (χ4n) is 3.45. The summed E-state index contributed by atoms with van der Waals surface area (Å²) in [4.78, 5) is 9.84. The van der Waals surface area contributed by atoms with Gasteiger partial charge in [0.15, 0.2) is 0 Å². The number of likely N-dealkylation sites (tertiary alicyclic amines) is 1. The fraction of sp³-hybridized carbons (Fsp3) is 0.316. The van der Waals surface area contributed by atoms with Gasteiger partial charge in [0.25, 0.3) is 0 Å². The van der Waals surface area contributed by atoms with Gasteiger partial charge in [-0.3, -0.25) is 0 Å². The SMILES string of the molecule is C=CC(=C)C1CCCN(C(=C)c2ccc3nc[nH]c3c2)C1C. The number of allylic oxidation sites excluding steroid dienone is 1. The van der Waals surface area contributed by atoms with Gasteiger partial charge in [0, 0.05) is 24.2 Å². The van der Waals surface area contributed by atoms with Crippen molar-refractivity contribution in [1.29, 1.82) is 0 Å². The van der Waals surface area contributed by atoms with Gasteiger partial charge in [-0.1, -0.05) is 37.5 Å². The molecule has 3 nitrogen and oxygen atoms in total. The van der Waals surface area contributed by atoms with Gasteiger partial charge in [0.1, 0.15) is 0 Å². The van der Waals surface area contributed by atoms with E-state index in [1.54, 1.807) is 6.33 Å². The number of imidazole rings is 1. The van der Waals surface area contributed by atoms with E-state index in [1.807, 2.05) is 12.1 Å². The summed E-state index contributed by atoms with van der Waals surface area (Å²) in [7, 11) is 0. The van der Waals surface area contributed by atoms with Crippen LogP contribution >= 0.6 is 0 Å². The minimum absolute atomic E-state index is 0.393. The van der Waals surface area contributed by atoms with Gasteiger partial charge in [-0.05, 0) is 37.5 Å². The summed E-state index contributed by atoms with van der Waals surface area (Å²) in [6.45, 7) is 15.7. The van der Waals surface area contributed by atoms with E-state index in [-0.39, 0.29) is 0 Å². The quantitative estimate of drug-likeness (QED) is 0.849. The zero-order valence-electron chi connectivity index (χ0n) is 13.2. The summed E-state index contributed by atoms with van der Waals surface area (Å²) in [6.07, 6.45) is 5.96. The molecule has 0 amide bonds. The smallest absolute Gasteiger partial charge is 0.0931 e. The molecule has 0 aliphatic carbocycles. The molecule has 1 aliphatic rings. The summed E-state index contributed by atoms with van der Waals surface area (Å²) < 4.78 is 0. The van der Waals surface area contributed by atoms with E-state index in [1.165, 1.54) is 6.42 Å². The lowest BCUT2D eigenvalue weighted by Crippen LogP contribution is -2.42. The average Bonchev–Trinajstić information content (AvgIpc) is 3.01. The van der Waals surface area contributed by atoms with Gasteiger partial charge in [0.2, 0.25) is 0 Å². The summed E-state index contributed by atoms with van der Waals surface area (Å²) in [6, 6.07) is 6.67. The molecule has 22 heavy (non-hydrogen) atoms. The maximum absolute atomic E-state index is 4.35. The van der Waals surface area contributed by atoms with Crippen LogP contribution in [-0.4, -0.2) is 27.5 Å². The van der Waals surface area contributed by atoms with Gasteiger partial charge in [0.05, 0.1) is 17.4 Å². The van der Waals surface area contributed by atoms with E-state index in [4.69, 9.17) is 0 Å². The Kier molecular flexibility index (Phi) is 3.88. The Morgan fingerprint density at radius 1 is 1.41 bits per heavy atom. The lowest BCUT2D eigenvalue weighted by molar-refractivity contribution is 0.193. The van der Waals surface area contributed by atoms with Crippen LogP contribution in [0.15, 0.2) is 55.9 Å². The van der Waals surface area contributed by atoms with Crippen LogP contribution in [0.4, 0.5) is 0 Å².